The van der Waals surface area contributed by atoms with E-state index in [4.69, 9.17) is 0 Å². The Morgan fingerprint density at radius 3 is 2.26 bits per heavy atom. The van der Waals surface area contributed by atoms with Crippen LogP contribution in [0.25, 0.3) is 0 Å². The van der Waals surface area contributed by atoms with Gasteiger partial charge in [0.1, 0.15) is 11.6 Å². The maximum Gasteiger partial charge on any atom is 0.387 e. The van der Waals surface area contributed by atoms with E-state index in [1.807, 2.05) is 0 Å². The zero-order valence-corrected chi connectivity index (χ0v) is 19.5. The second kappa shape index (κ2) is 11.6. The summed E-state index contributed by atoms with van der Waals surface area (Å²) in [5, 5.41) is 2.50. The van der Waals surface area contributed by atoms with Gasteiger partial charge in [0, 0.05) is 12.0 Å². The molecule has 0 aromatic heterocycles. The molecule has 1 amide bonds. The highest BCUT2D eigenvalue weighted by atomic mass is 32.2. The number of benzene rings is 3. The smallest absolute Gasteiger partial charge is 0.387 e. The number of hydrogen-bond acceptors (Lipinski definition) is 4. The van der Waals surface area contributed by atoms with Crippen LogP contribution in [0.4, 0.5) is 18.9 Å². The molecule has 0 aliphatic rings. The molecule has 0 saturated heterocycles. The summed E-state index contributed by atoms with van der Waals surface area (Å²) in [6, 6.07) is 16.2. The number of ether oxygens (including phenoxy) is 1. The van der Waals surface area contributed by atoms with Gasteiger partial charge in [-0.3, -0.25) is 4.79 Å². The van der Waals surface area contributed by atoms with Gasteiger partial charge in [-0.1, -0.05) is 43.0 Å². The maximum absolute atomic E-state index is 14.4. The molecule has 0 saturated carbocycles. The molecule has 0 atom stereocenters. The second-order valence-corrected chi connectivity index (χ2v) is 9.75. The zero-order valence-electron chi connectivity index (χ0n) is 18.7. The van der Waals surface area contributed by atoms with Crippen molar-refractivity contribution in [1.82, 2.24) is 0 Å². The van der Waals surface area contributed by atoms with Gasteiger partial charge < -0.3 is 10.1 Å². The minimum absolute atomic E-state index is 0.000324. The van der Waals surface area contributed by atoms with E-state index in [2.05, 4.69) is 21.9 Å². The van der Waals surface area contributed by atoms with Crippen LogP contribution < -0.4 is 10.1 Å². The first kappa shape index (κ1) is 25.8. The van der Waals surface area contributed by atoms with E-state index in [0.29, 0.717) is 17.5 Å². The van der Waals surface area contributed by atoms with Gasteiger partial charge in [0.25, 0.3) is 0 Å². The average Bonchev–Trinajstić information content (AvgIpc) is 2.82. The Kier molecular flexibility index (Phi) is 8.55. The van der Waals surface area contributed by atoms with Crippen molar-refractivity contribution in [2.45, 2.75) is 31.3 Å². The van der Waals surface area contributed by atoms with Crippen LogP contribution in [0.15, 0.2) is 71.6 Å². The molecule has 0 heterocycles. The molecule has 0 aliphatic carbocycles. The van der Waals surface area contributed by atoms with E-state index in [-0.39, 0.29) is 28.5 Å². The van der Waals surface area contributed by atoms with E-state index in [1.165, 1.54) is 36.4 Å². The van der Waals surface area contributed by atoms with Crippen LogP contribution in [0.3, 0.4) is 0 Å². The molecular formula is C26H22F3NO4S. The van der Waals surface area contributed by atoms with Crippen molar-refractivity contribution in [1.29, 1.82) is 0 Å². The minimum Gasteiger partial charge on any atom is -0.435 e. The molecular weight excluding hydrogens is 479 g/mol. The minimum atomic E-state index is -3.32. The second-order valence-electron chi connectivity index (χ2n) is 7.47. The molecule has 9 heteroatoms. The van der Waals surface area contributed by atoms with Crippen molar-refractivity contribution < 1.29 is 31.1 Å². The lowest BCUT2D eigenvalue weighted by atomic mass is 10.1. The normalized spacial score (nSPS) is 11.0. The van der Waals surface area contributed by atoms with Gasteiger partial charge in [0.15, 0.2) is 9.84 Å². The number of rotatable bonds is 8. The molecule has 0 radical (unpaired) electrons. The van der Waals surface area contributed by atoms with Crippen molar-refractivity contribution in [2.75, 3.05) is 11.1 Å². The Hall–Kier alpha value is -3.77. The number of halogens is 3. The van der Waals surface area contributed by atoms with Gasteiger partial charge >= 0.3 is 6.61 Å². The number of carbonyl (C=O) groups is 1. The first-order valence-corrected chi connectivity index (χ1v) is 12.2. The fraction of sp³-hybridized carbons (Fsp3) is 0.192. The van der Waals surface area contributed by atoms with Gasteiger partial charge in [0.05, 0.1) is 22.8 Å². The summed E-state index contributed by atoms with van der Waals surface area (Å²) in [7, 11) is -3.32. The van der Waals surface area contributed by atoms with Crippen molar-refractivity contribution in [3.8, 4) is 17.6 Å². The molecule has 5 nitrogen and oxygen atoms in total. The molecule has 0 aliphatic heterocycles. The molecule has 3 aromatic rings. The van der Waals surface area contributed by atoms with Crippen molar-refractivity contribution in [3.63, 3.8) is 0 Å². The molecule has 0 unspecified atom stereocenters. The molecule has 3 rings (SSSR count). The van der Waals surface area contributed by atoms with Crippen molar-refractivity contribution in [3.05, 3.63) is 89.2 Å². The molecule has 35 heavy (non-hydrogen) atoms. The molecule has 182 valence electrons. The number of anilines is 1. The monoisotopic (exact) mass is 501 g/mol. The third kappa shape index (κ3) is 7.62. The quantitative estimate of drug-likeness (QED) is 0.441. The average molecular weight is 502 g/mol. The third-order valence-corrected chi connectivity index (χ3v) is 6.69. The van der Waals surface area contributed by atoms with Gasteiger partial charge in [-0.15, -0.1) is 0 Å². The van der Waals surface area contributed by atoms with Gasteiger partial charge in [-0.2, -0.15) is 8.78 Å². The summed E-state index contributed by atoms with van der Waals surface area (Å²) in [6.45, 7) is -1.33. The Bertz CT molecular complexity index is 1340. The van der Waals surface area contributed by atoms with Crippen LogP contribution in [0, 0.1) is 17.7 Å². The first-order valence-electron chi connectivity index (χ1n) is 10.6. The summed E-state index contributed by atoms with van der Waals surface area (Å²) in [6.07, 6.45) is 0.280. The Labute approximate surface area is 201 Å². The summed E-state index contributed by atoms with van der Waals surface area (Å²) < 4.78 is 66.8. The van der Waals surface area contributed by atoms with Crippen LogP contribution >= 0.6 is 0 Å². The van der Waals surface area contributed by atoms with Crippen LogP contribution in [0.2, 0.25) is 0 Å². The highest BCUT2D eigenvalue weighted by Gasteiger charge is 2.12. The fourth-order valence-corrected chi connectivity index (χ4v) is 3.98. The van der Waals surface area contributed by atoms with Gasteiger partial charge in [-0.25, -0.2) is 12.8 Å². The molecule has 0 bridgehead atoms. The lowest BCUT2D eigenvalue weighted by Gasteiger charge is -2.08. The van der Waals surface area contributed by atoms with Gasteiger partial charge in [0.2, 0.25) is 5.91 Å². The molecule has 3 aromatic carbocycles. The molecule has 1 N–H and O–H groups in total. The van der Waals surface area contributed by atoms with Crippen LogP contribution in [-0.2, 0) is 27.5 Å². The van der Waals surface area contributed by atoms with Crippen LogP contribution in [0.1, 0.15) is 23.6 Å². The van der Waals surface area contributed by atoms with E-state index in [0.717, 1.165) is 5.56 Å². The number of sulfone groups is 1. The van der Waals surface area contributed by atoms with Crippen molar-refractivity contribution >= 4 is 21.4 Å². The van der Waals surface area contributed by atoms with Gasteiger partial charge in [-0.05, 0) is 53.6 Å². The zero-order chi connectivity index (χ0) is 25.4. The first-order chi connectivity index (χ1) is 16.7. The van der Waals surface area contributed by atoms with Crippen molar-refractivity contribution in [2.24, 2.45) is 0 Å². The summed E-state index contributed by atoms with van der Waals surface area (Å²) in [5.74, 6) is 4.64. The number of carbonyl (C=O) groups excluding carboxylic acids is 1. The maximum atomic E-state index is 14.4. The van der Waals surface area contributed by atoms with E-state index >= 15 is 0 Å². The van der Waals surface area contributed by atoms with E-state index < -0.39 is 28.2 Å². The number of hydrogen-bond donors (Lipinski definition) is 1. The summed E-state index contributed by atoms with van der Waals surface area (Å²) in [4.78, 5) is 12.5. The molecule has 0 spiro atoms. The lowest BCUT2D eigenvalue weighted by molar-refractivity contribution is -0.115. The summed E-state index contributed by atoms with van der Waals surface area (Å²) in [5.41, 5.74) is 1.78. The standard InChI is InChI=1S/C26H22F3NO4S/c1-2-35(32,33)22-13-8-20(9-14-22)17-25(31)30-24-15-10-19(16-23(24)27)5-3-4-18-6-11-21(12-7-18)34-26(28)29/h6-16,26H,2,4,17H2,1H3,(H,30,31). The Morgan fingerprint density at radius 1 is 1.00 bits per heavy atom. The van der Waals surface area contributed by atoms with Crippen LogP contribution in [0.5, 0.6) is 5.75 Å². The topological polar surface area (TPSA) is 72.5 Å². The number of alkyl halides is 2. The lowest BCUT2D eigenvalue weighted by Crippen LogP contribution is -2.15. The predicted molar refractivity (Wildman–Crippen MR) is 127 cm³/mol. The van der Waals surface area contributed by atoms with E-state index in [1.54, 1.807) is 37.3 Å². The predicted octanol–water partition coefficient (Wildman–Crippen LogP) is 5.00. The number of amides is 1. The summed E-state index contributed by atoms with van der Waals surface area (Å²) >= 11 is 0. The third-order valence-electron chi connectivity index (χ3n) is 4.94. The SMILES string of the molecule is CCS(=O)(=O)c1ccc(CC(=O)Nc2ccc(C#CCc3ccc(OC(F)F)cc3)cc2F)cc1. The highest BCUT2D eigenvalue weighted by Crippen LogP contribution is 2.18. The highest BCUT2D eigenvalue weighted by molar-refractivity contribution is 7.91. The largest absolute Gasteiger partial charge is 0.435 e. The molecule has 0 fully saturated rings. The fourth-order valence-electron chi connectivity index (χ4n) is 3.09. The number of nitrogens with one attached hydrogen (secondary N) is 1. The van der Waals surface area contributed by atoms with Crippen LogP contribution in [-0.4, -0.2) is 26.7 Å². The Morgan fingerprint density at radius 2 is 1.66 bits per heavy atom. The Balaban J connectivity index is 1.57. The van der Waals surface area contributed by atoms with E-state index in [9.17, 15) is 26.4 Å².